The van der Waals surface area contributed by atoms with E-state index in [9.17, 15) is 9.59 Å². The van der Waals surface area contributed by atoms with Crippen molar-refractivity contribution in [3.8, 4) is 0 Å². The molecule has 2 amide bonds. The molecule has 0 aromatic rings. The van der Waals surface area contributed by atoms with Crippen molar-refractivity contribution in [3.63, 3.8) is 0 Å². The predicted molar refractivity (Wildman–Crippen MR) is 150 cm³/mol. The average molecular weight is 542 g/mol. The standard InChI is InChI=1S/C30H55NO7/c1-2-3-4-5-6-7-8-9-10-11-12-13-14-15-19-34-21-23-36-25-27-38-28-26-37-24-22-35-20-18-31-29(32)16-17-30(31)33/h16-17H,2-15,18-28H2,1H3. The van der Waals surface area contributed by atoms with Gasteiger partial charge in [-0.25, -0.2) is 0 Å². The van der Waals surface area contributed by atoms with E-state index in [1.807, 2.05) is 0 Å². The van der Waals surface area contributed by atoms with Crippen molar-refractivity contribution in [1.82, 2.24) is 4.90 Å². The molecule has 38 heavy (non-hydrogen) atoms. The predicted octanol–water partition coefficient (Wildman–Crippen LogP) is 5.48. The van der Waals surface area contributed by atoms with Crippen molar-refractivity contribution < 1.29 is 33.3 Å². The third-order valence-corrected chi connectivity index (χ3v) is 6.49. The SMILES string of the molecule is CCCCCCCCCCCCCCCCOCCOCCOCCOCCOCCN1C(=O)C=CC1=O. The van der Waals surface area contributed by atoms with Crippen molar-refractivity contribution in [2.75, 3.05) is 72.6 Å². The normalized spacial score (nSPS) is 13.3. The number of rotatable bonds is 30. The van der Waals surface area contributed by atoms with Crippen LogP contribution in [-0.2, 0) is 33.3 Å². The molecule has 1 aliphatic heterocycles. The Morgan fingerprint density at radius 1 is 0.447 bits per heavy atom. The number of amides is 2. The van der Waals surface area contributed by atoms with Gasteiger partial charge in [-0.1, -0.05) is 90.4 Å². The molecule has 0 saturated carbocycles. The average Bonchev–Trinajstić information content (AvgIpc) is 3.24. The Bertz CT molecular complexity index is 567. The minimum absolute atomic E-state index is 0.262. The fourth-order valence-electron chi connectivity index (χ4n) is 4.19. The van der Waals surface area contributed by atoms with Gasteiger partial charge >= 0.3 is 0 Å². The molecule has 0 atom stereocenters. The van der Waals surface area contributed by atoms with Crippen molar-refractivity contribution in [1.29, 1.82) is 0 Å². The highest BCUT2D eigenvalue weighted by molar-refractivity contribution is 6.12. The van der Waals surface area contributed by atoms with Gasteiger partial charge in [0, 0.05) is 18.8 Å². The lowest BCUT2D eigenvalue weighted by Crippen LogP contribution is -2.33. The smallest absolute Gasteiger partial charge is 0.253 e. The molecule has 0 radical (unpaired) electrons. The molecule has 0 unspecified atom stereocenters. The monoisotopic (exact) mass is 541 g/mol. The molecule has 8 nitrogen and oxygen atoms in total. The number of carbonyl (C=O) groups is 2. The summed E-state index contributed by atoms with van der Waals surface area (Å²) in [6.45, 7) is 7.82. The summed E-state index contributed by atoms with van der Waals surface area (Å²) < 4.78 is 27.4. The lowest BCUT2D eigenvalue weighted by Gasteiger charge is -2.13. The molecule has 0 N–H and O–H groups in total. The number of ether oxygens (including phenoxy) is 5. The molecule has 0 aromatic carbocycles. The van der Waals surface area contributed by atoms with Gasteiger partial charge in [0.05, 0.1) is 66.0 Å². The Labute approximate surface area is 231 Å². The van der Waals surface area contributed by atoms with Gasteiger partial charge in [-0.15, -0.1) is 0 Å². The van der Waals surface area contributed by atoms with Crippen molar-refractivity contribution in [2.24, 2.45) is 0 Å². The fraction of sp³-hybridized carbons (Fsp3) is 0.867. The Hall–Kier alpha value is -1.32. The minimum atomic E-state index is -0.288. The van der Waals surface area contributed by atoms with E-state index in [0.29, 0.717) is 59.5 Å². The van der Waals surface area contributed by atoms with Crippen LogP contribution in [0.5, 0.6) is 0 Å². The van der Waals surface area contributed by atoms with Crippen LogP contribution >= 0.6 is 0 Å². The third kappa shape index (κ3) is 21.6. The van der Waals surface area contributed by atoms with Gasteiger partial charge in [0.25, 0.3) is 11.8 Å². The molecule has 0 bridgehead atoms. The summed E-state index contributed by atoms with van der Waals surface area (Å²) in [4.78, 5) is 23.9. The number of hydrogen-bond donors (Lipinski definition) is 0. The first-order chi connectivity index (χ1) is 18.8. The molecule has 222 valence electrons. The molecule has 0 saturated heterocycles. The summed E-state index contributed by atoms with van der Waals surface area (Å²) >= 11 is 0. The summed E-state index contributed by atoms with van der Waals surface area (Å²) in [5, 5.41) is 0. The second-order valence-corrected chi connectivity index (χ2v) is 9.82. The molecule has 1 heterocycles. The second-order valence-electron chi connectivity index (χ2n) is 9.82. The number of imide groups is 1. The number of carbonyl (C=O) groups excluding carboxylic acids is 2. The van der Waals surface area contributed by atoms with Gasteiger partial charge in [-0.05, 0) is 6.42 Å². The fourth-order valence-corrected chi connectivity index (χ4v) is 4.19. The van der Waals surface area contributed by atoms with Crippen LogP contribution in [0.25, 0.3) is 0 Å². The van der Waals surface area contributed by atoms with Gasteiger partial charge < -0.3 is 23.7 Å². The number of nitrogens with zero attached hydrogens (tertiary/aromatic N) is 1. The Kier molecular flexibility index (Phi) is 24.9. The van der Waals surface area contributed by atoms with Crippen LogP contribution in [0.1, 0.15) is 96.8 Å². The van der Waals surface area contributed by atoms with Gasteiger partial charge in [-0.3, -0.25) is 14.5 Å². The van der Waals surface area contributed by atoms with E-state index in [-0.39, 0.29) is 18.4 Å². The van der Waals surface area contributed by atoms with Crippen LogP contribution < -0.4 is 0 Å². The lowest BCUT2D eigenvalue weighted by atomic mass is 10.0. The van der Waals surface area contributed by atoms with E-state index in [1.54, 1.807) is 0 Å². The maximum Gasteiger partial charge on any atom is 0.253 e. The van der Waals surface area contributed by atoms with Crippen molar-refractivity contribution in [2.45, 2.75) is 96.8 Å². The lowest BCUT2D eigenvalue weighted by molar-refractivity contribution is -0.137. The molecule has 0 spiro atoms. The molecule has 0 aliphatic carbocycles. The van der Waals surface area contributed by atoms with Crippen LogP contribution in [-0.4, -0.2) is 89.3 Å². The van der Waals surface area contributed by atoms with Gasteiger partial charge in [0.15, 0.2) is 0 Å². The van der Waals surface area contributed by atoms with Crippen LogP contribution in [0.4, 0.5) is 0 Å². The first-order valence-electron chi connectivity index (χ1n) is 15.2. The Morgan fingerprint density at radius 3 is 1.16 bits per heavy atom. The molecule has 8 heteroatoms. The van der Waals surface area contributed by atoms with Gasteiger partial charge in [0.2, 0.25) is 0 Å². The zero-order chi connectivity index (χ0) is 27.4. The first-order valence-corrected chi connectivity index (χ1v) is 15.2. The van der Waals surface area contributed by atoms with E-state index in [0.717, 1.165) is 17.9 Å². The Balaban J connectivity index is 1.64. The highest BCUT2D eigenvalue weighted by Gasteiger charge is 2.22. The van der Waals surface area contributed by atoms with Crippen LogP contribution in [0, 0.1) is 0 Å². The van der Waals surface area contributed by atoms with Crippen LogP contribution in [0.3, 0.4) is 0 Å². The van der Waals surface area contributed by atoms with Gasteiger partial charge in [0.1, 0.15) is 0 Å². The van der Waals surface area contributed by atoms with Gasteiger partial charge in [-0.2, -0.15) is 0 Å². The summed E-state index contributed by atoms with van der Waals surface area (Å²) in [6.07, 6.45) is 21.7. The van der Waals surface area contributed by atoms with Crippen molar-refractivity contribution in [3.05, 3.63) is 12.2 Å². The molecular weight excluding hydrogens is 486 g/mol. The maximum absolute atomic E-state index is 11.4. The van der Waals surface area contributed by atoms with Crippen LogP contribution in [0.15, 0.2) is 12.2 Å². The summed E-state index contributed by atoms with van der Waals surface area (Å²) in [6, 6.07) is 0. The summed E-state index contributed by atoms with van der Waals surface area (Å²) in [5.74, 6) is -0.576. The number of unbranched alkanes of at least 4 members (excludes halogenated alkanes) is 13. The minimum Gasteiger partial charge on any atom is -0.379 e. The van der Waals surface area contributed by atoms with Crippen LogP contribution in [0.2, 0.25) is 0 Å². The quantitative estimate of drug-likeness (QED) is 0.0880. The summed E-state index contributed by atoms with van der Waals surface area (Å²) in [7, 11) is 0. The van der Waals surface area contributed by atoms with E-state index < -0.39 is 0 Å². The largest absolute Gasteiger partial charge is 0.379 e. The molecule has 1 aliphatic rings. The second kappa shape index (κ2) is 27.3. The highest BCUT2D eigenvalue weighted by Crippen LogP contribution is 2.13. The number of hydrogen-bond acceptors (Lipinski definition) is 7. The topological polar surface area (TPSA) is 83.5 Å². The Morgan fingerprint density at radius 2 is 0.763 bits per heavy atom. The molecule has 0 aromatic heterocycles. The molecule has 0 fully saturated rings. The van der Waals surface area contributed by atoms with Crippen molar-refractivity contribution >= 4 is 11.8 Å². The first kappa shape index (κ1) is 34.7. The molecular formula is C30H55NO7. The zero-order valence-corrected chi connectivity index (χ0v) is 24.1. The molecule has 1 rings (SSSR count). The van der Waals surface area contributed by atoms with E-state index in [1.165, 1.54) is 95.6 Å². The maximum atomic E-state index is 11.4. The highest BCUT2D eigenvalue weighted by atomic mass is 16.6. The zero-order valence-electron chi connectivity index (χ0n) is 24.1. The van der Waals surface area contributed by atoms with E-state index in [4.69, 9.17) is 23.7 Å². The third-order valence-electron chi connectivity index (χ3n) is 6.49. The summed E-state index contributed by atoms with van der Waals surface area (Å²) in [5.41, 5.74) is 0. The van der Waals surface area contributed by atoms with E-state index in [2.05, 4.69) is 6.92 Å². The van der Waals surface area contributed by atoms with E-state index >= 15 is 0 Å².